The molecule has 0 aliphatic rings. The summed E-state index contributed by atoms with van der Waals surface area (Å²) in [6.45, 7) is 3.41. The monoisotopic (exact) mass is 378 g/mol. The molecule has 0 bridgehead atoms. The topological polar surface area (TPSA) is 109 Å². The van der Waals surface area contributed by atoms with Crippen molar-refractivity contribution in [2.75, 3.05) is 0 Å². The summed E-state index contributed by atoms with van der Waals surface area (Å²) < 4.78 is 10.2. The number of nitrogens with zero attached hydrogens (tertiary/aromatic N) is 2. The van der Waals surface area contributed by atoms with Crippen molar-refractivity contribution < 1.29 is 18.4 Å². The van der Waals surface area contributed by atoms with E-state index in [1.54, 1.807) is 26.0 Å². The van der Waals surface area contributed by atoms with Crippen LogP contribution in [-0.2, 0) is 0 Å². The molecule has 2 heterocycles. The molecule has 28 heavy (non-hydrogen) atoms. The third kappa shape index (κ3) is 4.61. The summed E-state index contributed by atoms with van der Waals surface area (Å²) in [7, 11) is 0. The largest absolute Gasteiger partial charge is 0.469 e. The molecule has 0 unspecified atom stereocenters. The van der Waals surface area contributed by atoms with Gasteiger partial charge in [-0.1, -0.05) is 24.3 Å². The highest BCUT2D eigenvalue weighted by Gasteiger charge is 2.10. The van der Waals surface area contributed by atoms with E-state index in [4.69, 9.17) is 8.83 Å². The van der Waals surface area contributed by atoms with Crippen molar-refractivity contribution in [1.29, 1.82) is 0 Å². The molecular formula is C20H18N4O4. The zero-order valence-corrected chi connectivity index (χ0v) is 15.3. The van der Waals surface area contributed by atoms with Gasteiger partial charge in [0.1, 0.15) is 11.5 Å². The van der Waals surface area contributed by atoms with Gasteiger partial charge in [-0.3, -0.25) is 9.59 Å². The first-order chi connectivity index (χ1) is 13.5. The Hall–Kier alpha value is -3.94. The fraction of sp³-hybridized carbons (Fsp3) is 0.100. The Morgan fingerprint density at radius 2 is 1.14 bits per heavy atom. The van der Waals surface area contributed by atoms with Crippen LogP contribution in [0.5, 0.6) is 0 Å². The Balaban J connectivity index is 1.52. The second-order valence-electron chi connectivity index (χ2n) is 5.85. The van der Waals surface area contributed by atoms with Gasteiger partial charge in [-0.25, -0.2) is 10.9 Å². The number of furan rings is 2. The van der Waals surface area contributed by atoms with Crippen LogP contribution in [0, 0.1) is 13.8 Å². The highest BCUT2D eigenvalue weighted by Crippen LogP contribution is 2.09. The molecule has 0 radical (unpaired) electrons. The van der Waals surface area contributed by atoms with Crippen molar-refractivity contribution in [3.05, 3.63) is 82.7 Å². The van der Waals surface area contributed by atoms with Gasteiger partial charge in [0, 0.05) is 0 Å². The van der Waals surface area contributed by atoms with Crippen LogP contribution >= 0.6 is 0 Å². The Kier molecular flexibility index (Phi) is 5.81. The van der Waals surface area contributed by atoms with Gasteiger partial charge in [0.2, 0.25) is 0 Å². The van der Waals surface area contributed by atoms with E-state index in [0.29, 0.717) is 22.6 Å². The summed E-state index contributed by atoms with van der Waals surface area (Å²) in [5.74, 6) is 0.391. The van der Waals surface area contributed by atoms with Gasteiger partial charge in [0.15, 0.2) is 0 Å². The van der Waals surface area contributed by atoms with Crippen molar-refractivity contribution >= 4 is 24.2 Å². The highest BCUT2D eigenvalue weighted by atomic mass is 16.3. The number of carbonyl (C=O) groups is 2. The zero-order chi connectivity index (χ0) is 19.9. The van der Waals surface area contributed by atoms with Gasteiger partial charge in [-0.15, -0.1) is 0 Å². The second-order valence-corrected chi connectivity index (χ2v) is 5.85. The Morgan fingerprint density at radius 3 is 1.46 bits per heavy atom. The lowest BCUT2D eigenvalue weighted by atomic mass is 10.2. The quantitative estimate of drug-likeness (QED) is 0.507. The lowest BCUT2D eigenvalue weighted by Gasteiger charge is -1.99. The molecule has 2 aromatic heterocycles. The van der Waals surface area contributed by atoms with Crippen LogP contribution in [0.2, 0.25) is 0 Å². The first kappa shape index (κ1) is 18.8. The van der Waals surface area contributed by atoms with Gasteiger partial charge in [-0.05, 0) is 37.1 Å². The van der Waals surface area contributed by atoms with E-state index in [-0.39, 0.29) is 11.8 Å². The van der Waals surface area contributed by atoms with Crippen molar-refractivity contribution in [2.24, 2.45) is 10.2 Å². The average Bonchev–Trinajstić information content (AvgIpc) is 3.31. The smallest absolute Gasteiger partial charge is 0.274 e. The fourth-order valence-corrected chi connectivity index (χ4v) is 2.36. The maximum atomic E-state index is 11.9. The fourth-order valence-electron chi connectivity index (χ4n) is 2.36. The normalized spacial score (nSPS) is 11.2. The maximum Gasteiger partial charge on any atom is 0.274 e. The molecule has 8 nitrogen and oxygen atoms in total. The minimum absolute atomic E-state index is 0.338. The minimum atomic E-state index is -0.338. The predicted octanol–water partition coefficient (Wildman–Crippen LogP) is 3.02. The Labute approximate surface area is 160 Å². The third-order valence-electron chi connectivity index (χ3n) is 3.90. The van der Waals surface area contributed by atoms with E-state index < -0.39 is 0 Å². The predicted molar refractivity (Wildman–Crippen MR) is 103 cm³/mol. The molecule has 3 rings (SSSR count). The summed E-state index contributed by atoms with van der Waals surface area (Å²) in [5.41, 5.74) is 7.35. The number of carbonyl (C=O) groups excluding carboxylic acids is 2. The van der Waals surface area contributed by atoms with Gasteiger partial charge < -0.3 is 8.83 Å². The number of aryl methyl sites for hydroxylation is 2. The van der Waals surface area contributed by atoms with Crippen molar-refractivity contribution in [2.45, 2.75) is 13.8 Å². The van der Waals surface area contributed by atoms with E-state index >= 15 is 0 Å². The summed E-state index contributed by atoms with van der Waals surface area (Å²) in [4.78, 5) is 23.8. The number of benzene rings is 1. The molecule has 0 aliphatic carbocycles. The van der Waals surface area contributed by atoms with Gasteiger partial charge in [0.25, 0.3) is 11.8 Å². The number of amides is 2. The van der Waals surface area contributed by atoms with Crippen LogP contribution in [-0.4, -0.2) is 24.2 Å². The standard InChI is InChI=1S/C20H18N4O4/c1-13-17(7-9-27-13)19(25)23-21-11-15-3-5-16(6-4-15)12-22-24-20(26)18-8-10-28-14(18)2/h3-12H,1-2H3,(H,23,25)(H,24,26)/b21-11+,22-12+. The van der Waals surface area contributed by atoms with Crippen LogP contribution in [0.25, 0.3) is 0 Å². The molecule has 0 atom stereocenters. The molecular weight excluding hydrogens is 360 g/mol. The summed E-state index contributed by atoms with van der Waals surface area (Å²) in [6, 6.07) is 10.4. The number of nitrogens with one attached hydrogen (secondary N) is 2. The first-order valence-corrected chi connectivity index (χ1v) is 8.39. The lowest BCUT2D eigenvalue weighted by molar-refractivity contribution is 0.0945. The lowest BCUT2D eigenvalue weighted by Crippen LogP contribution is -2.17. The van der Waals surface area contributed by atoms with Crippen molar-refractivity contribution in [3.8, 4) is 0 Å². The van der Waals surface area contributed by atoms with Crippen molar-refractivity contribution in [3.63, 3.8) is 0 Å². The number of hydrazone groups is 2. The summed E-state index contributed by atoms with van der Waals surface area (Å²) >= 11 is 0. The first-order valence-electron chi connectivity index (χ1n) is 8.39. The van der Waals surface area contributed by atoms with Gasteiger partial charge >= 0.3 is 0 Å². The zero-order valence-electron chi connectivity index (χ0n) is 15.3. The molecule has 2 amide bonds. The summed E-state index contributed by atoms with van der Waals surface area (Å²) in [5, 5.41) is 7.85. The molecule has 0 saturated heterocycles. The van der Waals surface area contributed by atoms with E-state index in [9.17, 15) is 9.59 Å². The van der Waals surface area contributed by atoms with E-state index in [0.717, 1.165) is 11.1 Å². The molecule has 2 N–H and O–H groups in total. The minimum Gasteiger partial charge on any atom is -0.469 e. The molecule has 1 aromatic carbocycles. The van der Waals surface area contributed by atoms with E-state index in [2.05, 4.69) is 21.1 Å². The number of rotatable bonds is 6. The molecule has 0 aliphatic heterocycles. The highest BCUT2D eigenvalue weighted by molar-refractivity contribution is 5.96. The Bertz CT molecular complexity index is 945. The second kappa shape index (κ2) is 8.63. The molecule has 142 valence electrons. The molecule has 3 aromatic rings. The third-order valence-corrected chi connectivity index (χ3v) is 3.90. The van der Waals surface area contributed by atoms with Crippen LogP contribution in [0.4, 0.5) is 0 Å². The molecule has 8 heteroatoms. The number of hydrogen-bond acceptors (Lipinski definition) is 6. The van der Waals surface area contributed by atoms with Crippen LogP contribution in [0.3, 0.4) is 0 Å². The SMILES string of the molecule is Cc1occc1C(=O)N/N=C/c1ccc(/C=N/NC(=O)c2ccoc2C)cc1. The average molecular weight is 378 g/mol. The van der Waals surface area contributed by atoms with E-state index in [1.807, 2.05) is 24.3 Å². The maximum absolute atomic E-state index is 11.9. The molecule has 0 spiro atoms. The van der Waals surface area contributed by atoms with E-state index in [1.165, 1.54) is 25.0 Å². The number of hydrogen-bond donors (Lipinski definition) is 2. The van der Waals surface area contributed by atoms with Crippen LogP contribution in [0.15, 0.2) is 68.0 Å². The summed E-state index contributed by atoms with van der Waals surface area (Å²) in [6.07, 6.45) is 5.95. The van der Waals surface area contributed by atoms with Gasteiger partial charge in [-0.2, -0.15) is 10.2 Å². The van der Waals surface area contributed by atoms with Crippen molar-refractivity contribution in [1.82, 2.24) is 10.9 Å². The molecule has 0 fully saturated rings. The van der Waals surface area contributed by atoms with Crippen LogP contribution in [0.1, 0.15) is 43.4 Å². The Morgan fingerprint density at radius 1 is 0.750 bits per heavy atom. The molecule has 0 saturated carbocycles. The van der Waals surface area contributed by atoms with Crippen LogP contribution < -0.4 is 10.9 Å². The van der Waals surface area contributed by atoms with Gasteiger partial charge in [0.05, 0.1) is 36.1 Å².